The van der Waals surface area contributed by atoms with Crippen molar-refractivity contribution in [2.75, 3.05) is 17.7 Å². The van der Waals surface area contributed by atoms with Crippen LogP contribution in [-0.4, -0.2) is 18.6 Å². The number of unbranched alkanes of at least 4 members (excludes halogenated alkanes) is 1. The molecule has 0 aliphatic rings. The van der Waals surface area contributed by atoms with E-state index < -0.39 is 0 Å². The van der Waals surface area contributed by atoms with Gasteiger partial charge in [0, 0.05) is 6.04 Å². The van der Waals surface area contributed by atoms with Gasteiger partial charge in [-0.2, -0.15) is 0 Å². The molecule has 0 aliphatic carbocycles. The number of rotatable bonds is 7. The maximum atomic E-state index is 11.6. The predicted molar refractivity (Wildman–Crippen MR) is 79.4 cm³/mol. The summed E-state index contributed by atoms with van der Waals surface area (Å²) in [5.41, 5.74) is 7.90. The molecule has 0 aromatic heterocycles. The molecule has 4 nitrogen and oxygen atoms in total. The lowest BCUT2D eigenvalue weighted by Gasteiger charge is -2.17. The summed E-state index contributed by atoms with van der Waals surface area (Å²) in [4.78, 5) is 11.6. The number of nitrogens with one attached hydrogen (secondary N) is 1. The van der Waals surface area contributed by atoms with Crippen LogP contribution in [0.2, 0.25) is 0 Å². The van der Waals surface area contributed by atoms with Crippen molar-refractivity contribution in [3.05, 3.63) is 23.8 Å². The van der Waals surface area contributed by atoms with Gasteiger partial charge in [0.15, 0.2) is 0 Å². The second-order valence-electron chi connectivity index (χ2n) is 4.71. The van der Waals surface area contributed by atoms with E-state index in [1.54, 1.807) is 19.1 Å². The van der Waals surface area contributed by atoms with E-state index in [1.165, 1.54) is 12.8 Å². The third kappa shape index (κ3) is 4.81. The van der Waals surface area contributed by atoms with Gasteiger partial charge in [0.05, 0.1) is 23.5 Å². The van der Waals surface area contributed by atoms with Gasteiger partial charge >= 0.3 is 5.97 Å². The highest BCUT2D eigenvalue weighted by Gasteiger charge is 2.10. The Morgan fingerprint density at radius 1 is 1.42 bits per heavy atom. The molecule has 4 heteroatoms. The Kier molecular flexibility index (Phi) is 6.19. The average Bonchev–Trinajstić information content (AvgIpc) is 2.39. The van der Waals surface area contributed by atoms with Crippen LogP contribution < -0.4 is 11.1 Å². The number of hydrogen-bond donors (Lipinski definition) is 2. The third-order valence-electron chi connectivity index (χ3n) is 2.96. The van der Waals surface area contributed by atoms with Crippen LogP contribution in [0.3, 0.4) is 0 Å². The van der Waals surface area contributed by atoms with Gasteiger partial charge in [0.2, 0.25) is 0 Å². The first kappa shape index (κ1) is 15.3. The topological polar surface area (TPSA) is 64.3 Å². The molecule has 0 bridgehead atoms. The van der Waals surface area contributed by atoms with Crippen molar-refractivity contribution in [2.45, 2.75) is 46.1 Å². The minimum absolute atomic E-state index is 0.334. The summed E-state index contributed by atoms with van der Waals surface area (Å²) in [5.74, 6) is -0.334. The minimum atomic E-state index is -0.334. The highest BCUT2D eigenvalue weighted by molar-refractivity contribution is 5.91. The van der Waals surface area contributed by atoms with Crippen LogP contribution in [0.4, 0.5) is 11.4 Å². The van der Waals surface area contributed by atoms with Crippen molar-refractivity contribution in [3.63, 3.8) is 0 Å². The first-order chi connectivity index (χ1) is 9.08. The maximum Gasteiger partial charge on any atom is 0.338 e. The summed E-state index contributed by atoms with van der Waals surface area (Å²) < 4.78 is 4.94. The van der Waals surface area contributed by atoms with Crippen molar-refractivity contribution >= 4 is 17.3 Å². The van der Waals surface area contributed by atoms with Gasteiger partial charge in [0.25, 0.3) is 0 Å². The zero-order chi connectivity index (χ0) is 14.3. The number of nitrogen functional groups attached to an aromatic ring is 1. The molecule has 0 fully saturated rings. The SMILES string of the molecule is CCCCC(C)Nc1ccc(C(=O)OCC)cc1N. The molecule has 1 aromatic carbocycles. The Hall–Kier alpha value is -1.71. The van der Waals surface area contributed by atoms with Crippen molar-refractivity contribution < 1.29 is 9.53 Å². The zero-order valence-electron chi connectivity index (χ0n) is 12.0. The number of anilines is 2. The highest BCUT2D eigenvalue weighted by Crippen LogP contribution is 2.22. The minimum Gasteiger partial charge on any atom is -0.462 e. The van der Waals surface area contributed by atoms with E-state index in [9.17, 15) is 4.79 Å². The van der Waals surface area contributed by atoms with Crippen molar-refractivity contribution in [3.8, 4) is 0 Å². The molecule has 0 radical (unpaired) electrons. The first-order valence-corrected chi connectivity index (χ1v) is 6.91. The lowest BCUT2D eigenvalue weighted by atomic mass is 10.1. The van der Waals surface area contributed by atoms with E-state index in [0.717, 1.165) is 12.1 Å². The Labute approximate surface area is 115 Å². The summed E-state index contributed by atoms with van der Waals surface area (Å²) in [6.07, 6.45) is 3.48. The lowest BCUT2D eigenvalue weighted by molar-refractivity contribution is 0.0526. The van der Waals surface area contributed by atoms with Crippen molar-refractivity contribution in [1.29, 1.82) is 0 Å². The second kappa shape index (κ2) is 7.67. The summed E-state index contributed by atoms with van der Waals surface area (Å²) in [6, 6.07) is 5.61. The van der Waals surface area contributed by atoms with Gasteiger partial charge in [-0.1, -0.05) is 19.8 Å². The smallest absolute Gasteiger partial charge is 0.338 e. The molecule has 0 aliphatic heterocycles. The number of esters is 1. The fourth-order valence-electron chi connectivity index (χ4n) is 1.88. The van der Waals surface area contributed by atoms with Crippen LogP contribution in [0.5, 0.6) is 0 Å². The quantitative estimate of drug-likeness (QED) is 0.585. The van der Waals surface area contributed by atoms with E-state index in [-0.39, 0.29) is 5.97 Å². The van der Waals surface area contributed by atoms with Crippen LogP contribution in [0.25, 0.3) is 0 Å². The number of hydrogen-bond acceptors (Lipinski definition) is 4. The predicted octanol–water partition coefficient (Wildman–Crippen LogP) is 3.44. The number of carbonyl (C=O) groups is 1. The van der Waals surface area contributed by atoms with E-state index in [2.05, 4.69) is 19.2 Å². The molecule has 0 heterocycles. The van der Waals surface area contributed by atoms with Crippen LogP contribution in [0.1, 0.15) is 50.4 Å². The molecule has 1 unspecified atom stereocenters. The van der Waals surface area contributed by atoms with Gasteiger partial charge in [-0.25, -0.2) is 4.79 Å². The normalized spacial score (nSPS) is 11.9. The summed E-state index contributed by atoms with van der Waals surface area (Å²) in [7, 11) is 0. The van der Waals surface area contributed by atoms with E-state index in [0.29, 0.717) is 23.9 Å². The molecular weight excluding hydrogens is 240 g/mol. The Morgan fingerprint density at radius 2 is 2.16 bits per heavy atom. The average molecular weight is 264 g/mol. The fourth-order valence-corrected chi connectivity index (χ4v) is 1.88. The van der Waals surface area contributed by atoms with Gasteiger partial charge in [-0.3, -0.25) is 0 Å². The van der Waals surface area contributed by atoms with E-state index >= 15 is 0 Å². The van der Waals surface area contributed by atoms with Crippen molar-refractivity contribution in [1.82, 2.24) is 0 Å². The van der Waals surface area contributed by atoms with Gasteiger partial charge in [-0.05, 0) is 38.5 Å². The van der Waals surface area contributed by atoms with Gasteiger partial charge < -0.3 is 15.8 Å². The molecule has 106 valence electrons. The number of ether oxygens (including phenoxy) is 1. The van der Waals surface area contributed by atoms with Crippen LogP contribution in [0.15, 0.2) is 18.2 Å². The third-order valence-corrected chi connectivity index (χ3v) is 2.96. The molecule has 0 amide bonds. The molecule has 1 rings (SSSR count). The van der Waals surface area contributed by atoms with Crippen LogP contribution in [0, 0.1) is 0 Å². The zero-order valence-corrected chi connectivity index (χ0v) is 12.0. The monoisotopic (exact) mass is 264 g/mol. The molecule has 3 N–H and O–H groups in total. The number of nitrogens with two attached hydrogens (primary N) is 1. The Bertz CT molecular complexity index is 419. The largest absolute Gasteiger partial charge is 0.462 e. The Balaban J connectivity index is 2.69. The molecular formula is C15H24N2O2. The molecule has 19 heavy (non-hydrogen) atoms. The maximum absolute atomic E-state index is 11.6. The lowest BCUT2D eigenvalue weighted by Crippen LogP contribution is -2.16. The molecule has 1 atom stereocenters. The van der Waals surface area contributed by atoms with E-state index in [1.807, 2.05) is 6.07 Å². The molecule has 0 saturated carbocycles. The van der Waals surface area contributed by atoms with Gasteiger partial charge in [-0.15, -0.1) is 0 Å². The first-order valence-electron chi connectivity index (χ1n) is 6.91. The Morgan fingerprint density at radius 3 is 2.74 bits per heavy atom. The fraction of sp³-hybridized carbons (Fsp3) is 0.533. The van der Waals surface area contributed by atoms with Crippen LogP contribution in [-0.2, 0) is 4.74 Å². The number of carbonyl (C=O) groups excluding carboxylic acids is 1. The summed E-state index contributed by atoms with van der Waals surface area (Å²) in [5, 5.41) is 3.37. The molecule has 0 spiro atoms. The van der Waals surface area contributed by atoms with Crippen molar-refractivity contribution in [2.24, 2.45) is 0 Å². The summed E-state index contributed by atoms with van der Waals surface area (Å²) >= 11 is 0. The van der Waals surface area contributed by atoms with Crippen LogP contribution >= 0.6 is 0 Å². The van der Waals surface area contributed by atoms with E-state index in [4.69, 9.17) is 10.5 Å². The molecule has 0 saturated heterocycles. The molecule has 1 aromatic rings. The number of benzene rings is 1. The standard InChI is InChI=1S/C15H24N2O2/c1-4-6-7-11(3)17-14-9-8-12(10-13(14)16)15(18)19-5-2/h8-11,17H,4-7,16H2,1-3H3. The highest BCUT2D eigenvalue weighted by atomic mass is 16.5. The van der Waals surface area contributed by atoms with Gasteiger partial charge in [0.1, 0.15) is 0 Å². The second-order valence-corrected chi connectivity index (χ2v) is 4.71. The summed E-state index contributed by atoms with van der Waals surface area (Å²) in [6.45, 7) is 6.46.